The van der Waals surface area contributed by atoms with Crippen molar-refractivity contribution in [3.05, 3.63) is 0 Å². The van der Waals surface area contributed by atoms with Crippen LogP contribution in [0.1, 0.15) is 104 Å². The highest BCUT2D eigenvalue weighted by molar-refractivity contribution is 5.86. The lowest BCUT2D eigenvalue weighted by Gasteiger charge is -2.27. The molecular formula is C22H41NO4. The topological polar surface area (TPSA) is 64.6 Å². The molecule has 1 rings (SSSR count). The van der Waals surface area contributed by atoms with Crippen LogP contribution in [-0.2, 0) is 14.3 Å². The van der Waals surface area contributed by atoms with Gasteiger partial charge in [-0.25, -0.2) is 9.59 Å². The van der Waals surface area contributed by atoms with Gasteiger partial charge in [-0.3, -0.25) is 0 Å². The van der Waals surface area contributed by atoms with Crippen LogP contribution in [0.2, 0.25) is 0 Å². The number of alkyl carbamates (subject to hydrolysis) is 1. The number of hydrogen-bond donors (Lipinski definition) is 1. The summed E-state index contributed by atoms with van der Waals surface area (Å²) in [5.41, 5.74) is -0.882. The Morgan fingerprint density at radius 1 is 0.889 bits per heavy atom. The maximum Gasteiger partial charge on any atom is 0.408 e. The molecule has 1 aliphatic rings. The van der Waals surface area contributed by atoms with E-state index in [1.807, 2.05) is 13.8 Å². The van der Waals surface area contributed by atoms with E-state index in [2.05, 4.69) is 12.2 Å². The molecule has 0 aromatic rings. The summed E-state index contributed by atoms with van der Waals surface area (Å²) in [7, 11) is 0. The number of esters is 1. The van der Waals surface area contributed by atoms with E-state index in [1.165, 1.54) is 44.9 Å². The second-order valence-corrected chi connectivity index (χ2v) is 8.37. The smallest absolute Gasteiger partial charge is 0.408 e. The van der Waals surface area contributed by atoms with Gasteiger partial charge in [-0.2, -0.15) is 0 Å². The van der Waals surface area contributed by atoms with Crippen molar-refractivity contribution in [1.82, 2.24) is 5.32 Å². The zero-order valence-electron chi connectivity index (χ0n) is 17.8. The predicted octanol–water partition coefficient (Wildman–Crippen LogP) is 5.76. The van der Waals surface area contributed by atoms with Crippen molar-refractivity contribution in [1.29, 1.82) is 0 Å². The molecule has 0 bridgehead atoms. The van der Waals surface area contributed by atoms with E-state index in [4.69, 9.17) is 9.47 Å². The number of carbonyl (C=O) groups is 2. The van der Waals surface area contributed by atoms with E-state index < -0.39 is 11.6 Å². The zero-order valence-corrected chi connectivity index (χ0v) is 17.8. The lowest BCUT2D eigenvalue weighted by Crippen LogP contribution is -2.53. The molecule has 27 heavy (non-hydrogen) atoms. The van der Waals surface area contributed by atoms with E-state index in [0.717, 1.165) is 25.7 Å². The first-order valence-corrected chi connectivity index (χ1v) is 11.1. The van der Waals surface area contributed by atoms with Crippen molar-refractivity contribution in [2.75, 3.05) is 13.2 Å². The van der Waals surface area contributed by atoms with Gasteiger partial charge in [-0.05, 0) is 25.2 Å². The third-order valence-corrected chi connectivity index (χ3v) is 5.22. The minimum absolute atomic E-state index is 0.272. The molecular weight excluding hydrogens is 342 g/mol. The highest BCUT2D eigenvalue weighted by atomic mass is 16.6. The third-order valence-electron chi connectivity index (χ3n) is 5.22. The number of nitrogens with one attached hydrogen (secondary N) is 1. The van der Waals surface area contributed by atoms with Gasteiger partial charge < -0.3 is 14.8 Å². The minimum atomic E-state index is -0.882. The Kier molecular flexibility index (Phi) is 12.2. The molecule has 5 nitrogen and oxygen atoms in total. The van der Waals surface area contributed by atoms with Gasteiger partial charge in [0.25, 0.3) is 0 Å². The van der Waals surface area contributed by atoms with E-state index in [-0.39, 0.29) is 11.9 Å². The average Bonchev–Trinajstić information content (AvgIpc) is 3.11. The van der Waals surface area contributed by atoms with E-state index in [9.17, 15) is 9.59 Å². The summed E-state index contributed by atoms with van der Waals surface area (Å²) < 4.78 is 10.7. The molecule has 5 heteroatoms. The second kappa shape index (κ2) is 13.8. The standard InChI is InChI=1S/C22H41NO4/c1-4-5-6-7-8-9-10-11-14-17-26-20(24)22(15-12-13-16-22)23-21(25)27-18-19(2)3/h19H,4-18H2,1-3H3,(H,23,25). The molecule has 1 aliphatic carbocycles. The molecule has 0 aromatic heterocycles. The summed E-state index contributed by atoms with van der Waals surface area (Å²) in [6.45, 7) is 7.01. The second-order valence-electron chi connectivity index (χ2n) is 8.37. The van der Waals surface area contributed by atoms with Gasteiger partial charge in [0.1, 0.15) is 5.54 Å². The number of carbonyl (C=O) groups excluding carboxylic acids is 2. The molecule has 1 N–H and O–H groups in total. The lowest BCUT2D eigenvalue weighted by atomic mass is 9.98. The van der Waals surface area contributed by atoms with E-state index in [0.29, 0.717) is 26.1 Å². The Bertz CT molecular complexity index is 417. The van der Waals surface area contributed by atoms with Crippen molar-refractivity contribution in [3.63, 3.8) is 0 Å². The first-order valence-electron chi connectivity index (χ1n) is 11.1. The molecule has 0 unspecified atom stereocenters. The summed E-state index contributed by atoms with van der Waals surface area (Å²) in [5, 5.41) is 2.80. The van der Waals surface area contributed by atoms with Gasteiger partial charge in [0.15, 0.2) is 0 Å². The van der Waals surface area contributed by atoms with Crippen molar-refractivity contribution in [3.8, 4) is 0 Å². The number of hydrogen-bond acceptors (Lipinski definition) is 4. The number of unbranched alkanes of at least 4 members (excludes halogenated alkanes) is 8. The van der Waals surface area contributed by atoms with Gasteiger partial charge in [0.05, 0.1) is 13.2 Å². The van der Waals surface area contributed by atoms with Crippen molar-refractivity contribution in [2.24, 2.45) is 5.92 Å². The largest absolute Gasteiger partial charge is 0.464 e. The maximum atomic E-state index is 12.6. The third kappa shape index (κ3) is 10.0. The van der Waals surface area contributed by atoms with Crippen LogP contribution in [0.4, 0.5) is 4.79 Å². The first kappa shape index (κ1) is 23.8. The molecule has 0 aromatic carbocycles. The molecule has 1 saturated carbocycles. The summed E-state index contributed by atoms with van der Waals surface area (Å²) in [6.07, 6.45) is 13.7. The Morgan fingerprint density at radius 2 is 1.44 bits per heavy atom. The lowest BCUT2D eigenvalue weighted by molar-refractivity contribution is -0.151. The fourth-order valence-electron chi connectivity index (χ4n) is 3.55. The highest BCUT2D eigenvalue weighted by Crippen LogP contribution is 2.31. The van der Waals surface area contributed by atoms with Crippen LogP contribution in [0.15, 0.2) is 0 Å². The normalized spacial score (nSPS) is 15.7. The average molecular weight is 384 g/mol. The van der Waals surface area contributed by atoms with Gasteiger partial charge >= 0.3 is 12.1 Å². The number of amides is 1. The summed E-state index contributed by atoms with van der Waals surface area (Å²) in [6, 6.07) is 0. The van der Waals surface area contributed by atoms with Crippen LogP contribution in [0.25, 0.3) is 0 Å². The van der Waals surface area contributed by atoms with Crippen LogP contribution in [0.3, 0.4) is 0 Å². The monoisotopic (exact) mass is 383 g/mol. The summed E-state index contributed by atoms with van der Waals surface area (Å²) in [4.78, 5) is 24.6. The molecule has 0 atom stereocenters. The Morgan fingerprint density at radius 3 is 2.00 bits per heavy atom. The highest BCUT2D eigenvalue weighted by Gasteiger charge is 2.44. The van der Waals surface area contributed by atoms with Crippen LogP contribution < -0.4 is 5.32 Å². The predicted molar refractivity (Wildman–Crippen MR) is 109 cm³/mol. The maximum absolute atomic E-state index is 12.6. The SMILES string of the molecule is CCCCCCCCCCCOC(=O)C1(NC(=O)OCC(C)C)CCCC1. The summed E-state index contributed by atoms with van der Waals surface area (Å²) >= 11 is 0. The van der Waals surface area contributed by atoms with Crippen LogP contribution in [-0.4, -0.2) is 30.8 Å². The number of ether oxygens (including phenoxy) is 2. The van der Waals surface area contributed by atoms with Crippen LogP contribution in [0, 0.1) is 5.92 Å². The summed E-state index contributed by atoms with van der Waals surface area (Å²) in [5.74, 6) is -0.0186. The van der Waals surface area contributed by atoms with Crippen molar-refractivity contribution in [2.45, 2.75) is 110 Å². The van der Waals surface area contributed by atoms with E-state index in [1.54, 1.807) is 0 Å². The Labute approximate surface area is 165 Å². The zero-order chi connectivity index (χ0) is 20.0. The van der Waals surface area contributed by atoms with Gasteiger partial charge in [0.2, 0.25) is 0 Å². The molecule has 158 valence electrons. The fourth-order valence-corrected chi connectivity index (χ4v) is 3.55. The van der Waals surface area contributed by atoms with Gasteiger partial charge in [-0.1, -0.05) is 85.0 Å². The van der Waals surface area contributed by atoms with Crippen LogP contribution in [0.5, 0.6) is 0 Å². The Balaban J connectivity index is 2.20. The fraction of sp³-hybridized carbons (Fsp3) is 0.909. The Hall–Kier alpha value is -1.26. The van der Waals surface area contributed by atoms with Gasteiger partial charge in [0, 0.05) is 0 Å². The van der Waals surface area contributed by atoms with Crippen molar-refractivity contribution < 1.29 is 19.1 Å². The van der Waals surface area contributed by atoms with Gasteiger partial charge in [-0.15, -0.1) is 0 Å². The van der Waals surface area contributed by atoms with Crippen LogP contribution >= 0.6 is 0 Å². The quantitative estimate of drug-likeness (QED) is 0.306. The minimum Gasteiger partial charge on any atom is -0.464 e. The molecule has 0 spiro atoms. The molecule has 0 heterocycles. The van der Waals surface area contributed by atoms with E-state index >= 15 is 0 Å². The molecule has 1 fully saturated rings. The van der Waals surface area contributed by atoms with Crippen molar-refractivity contribution >= 4 is 12.1 Å². The molecule has 0 saturated heterocycles. The first-order chi connectivity index (χ1) is 13.0. The molecule has 0 radical (unpaired) electrons. The molecule has 0 aliphatic heterocycles. The molecule has 1 amide bonds. The number of rotatable bonds is 14.